The van der Waals surface area contributed by atoms with Crippen LogP contribution in [0.4, 0.5) is 0 Å². The first-order valence-corrected chi connectivity index (χ1v) is 17.7. The number of unbranched alkanes of at least 4 members (excludes halogenated alkanes) is 20. The zero-order valence-electron chi connectivity index (χ0n) is 26.6. The molecule has 0 fully saturated rings. The normalized spacial score (nSPS) is 11.9. The molecule has 0 amide bonds. The van der Waals surface area contributed by atoms with E-state index in [1.165, 1.54) is 180 Å². The quantitative estimate of drug-likeness (QED) is 0.0719. The van der Waals surface area contributed by atoms with E-state index < -0.39 is 0 Å². The van der Waals surface area contributed by atoms with Gasteiger partial charge in [0, 0.05) is 18.6 Å². The summed E-state index contributed by atoms with van der Waals surface area (Å²) in [6.07, 6.45) is 43.5. The summed E-state index contributed by atoms with van der Waals surface area (Å²) in [7, 11) is 0. The van der Waals surface area contributed by atoms with Crippen molar-refractivity contribution in [2.75, 3.05) is 0 Å². The fourth-order valence-electron chi connectivity index (χ4n) is 6.42. The summed E-state index contributed by atoms with van der Waals surface area (Å²) in [4.78, 5) is 0. The lowest BCUT2D eigenvalue weighted by atomic mass is 9.71. The smallest absolute Gasteiger partial charge is 0.168 e. The molecule has 0 aliphatic rings. The van der Waals surface area contributed by atoms with Gasteiger partial charge in [-0.1, -0.05) is 175 Å². The Kier molecular flexibility index (Phi) is 24.4. The molecule has 1 heteroatoms. The number of nitrogens with zero attached hydrogens (tertiary/aromatic N) is 1. The van der Waals surface area contributed by atoms with Crippen molar-refractivity contribution in [2.45, 2.75) is 201 Å². The van der Waals surface area contributed by atoms with E-state index in [-0.39, 0.29) is 0 Å². The minimum atomic E-state index is 0.567. The van der Waals surface area contributed by atoms with Gasteiger partial charge < -0.3 is 0 Å². The van der Waals surface area contributed by atoms with Gasteiger partial charge in [0.15, 0.2) is 12.4 Å². The van der Waals surface area contributed by atoms with Crippen molar-refractivity contribution >= 4 is 0 Å². The average Bonchev–Trinajstić information content (AvgIpc) is 2.94. The van der Waals surface area contributed by atoms with Gasteiger partial charge in [-0.2, -0.15) is 0 Å². The molecule has 0 aliphatic carbocycles. The third-order valence-electron chi connectivity index (χ3n) is 9.11. The number of rotatable bonds is 29. The monoisotopic (exact) mass is 529 g/mol. The first-order valence-electron chi connectivity index (χ1n) is 17.7. The highest BCUT2D eigenvalue weighted by Crippen LogP contribution is 2.41. The standard InChI is InChI=1S/C37H70N/c1-4-7-10-13-16-17-18-19-20-23-27-32-37(30-25-21-14-11-8-5-2,31-26-22-15-12-9-6-3)33-36-38-34-28-24-29-35-38/h24,28-29,34-35H,4-23,25-27,30-33,36H2,1-3H3/q+1. The Bertz CT molecular complexity index is 564. The Balaban J connectivity index is 2.57. The molecule has 1 nitrogen and oxygen atoms in total. The van der Waals surface area contributed by atoms with E-state index in [0.29, 0.717) is 5.41 Å². The molecule has 0 saturated carbocycles. The van der Waals surface area contributed by atoms with E-state index in [1.807, 2.05) is 0 Å². The van der Waals surface area contributed by atoms with Crippen molar-refractivity contribution in [1.82, 2.24) is 0 Å². The Labute approximate surface area is 241 Å². The van der Waals surface area contributed by atoms with E-state index >= 15 is 0 Å². The molecule has 0 radical (unpaired) electrons. The summed E-state index contributed by atoms with van der Waals surface area (Å²) in [5.74, 6) is 0. The summed E-state index contributed by atoms with van der Waals surface area (Å²) < 4.78 is 2.44. The number of pyridine rings is 1. The number of aryl methyl sites for hydroxylation is 1. The molecule has 38 heavy (non-hydrogen) atoms. The molecule has 0 bridgehead atoms. The highest BCUT2D eigenvalue weighted by Gasteiger charge is 2.30. The lowest BCUT2D eigenvalue weighted by molar-refractivity contribution is -0.699. The number of hydrogen-bond acceptors (Lipinski definition) is 0. The topological polar surface area (TPSA) is 3.88 Å². The van der Waals surface area contributed by atoms with Crippen molar-refractivity contribution in [3.05, 3.63) is 30.6 Å². The van der Waals surface area contributed by atoms with Gasteiger partial charge in [-0.25, -0.2) is 4.57 Å². The summed E-state index contributed by atoms with van der Waals surface area (Å²) in [6.45, 7) is 8.18. The maximum atomic E-state index is 2.44. The third kappa shape index (κ3) is 20.1. The van der Waals surface area contributed by atoms with Gasteiger partial charge in [0.05, 0.1) is 0 Å². The summed E-state index contributed by atoms with van der Waals surface area (Å²) in [5, 5.41) is 0. The maximum absolute atomic E-state index is 2.44. The van der Waals surface area contributed by atoms with Crippen LogP contribution < -0.4 is 4.57 Å². The van der Waals surface area contributed by atoms with E-state index in [4.69, 9.17) is 0 Å². The lowest BCUT2D eigenvalue weighted by Crippen LogP contribution is -2.36. The van der Waals surface area contributed by atoms with E-state index in [0.717, 1.165) is 0 Å². The van der Waals surface area contributed by atoms with Crippen LogP contribution in [0.3, 0.4) is 0 Å². The highest BCUT2D eigenvalue weighted by molar-refractivity contribution is 4.84. The van der Waals surface area contributed by atoms with Crippen molar-refractivity contribution in [3.63, 3.8) is 0 Å². The van der Waals surface area contributed by atoms with Crippen LogP contribution in [-0.4, -0.2) is 0 Å². The van der Waals surface area contributed by atoms with E-state index in [9.17, 15) is 0 Å². The SMILES string of the molecule is CCCCCCCCCCCCCC(CCCCCCCC)(CCCCCCCC)CC[n+]1ccccc1. The first-order chi connectivity index (χ1) is 18.8. The lowest BCUT2D eigenvalue weighted by Gasteiger charge is -2.34. The second-order valence-electron chi connectivity index (χ2n) is 12.7. The maximum Gasteiger partial charge on any atom is 0.168 e. The van der Waals surface area contributed by atoms with Crippen LogP contribution >= 0.6 is 0 Å². The Hall–Kier alpha value is -0.850. The molecule has 1 aromatic heterocycles. The average molecular weight is 529 g/mol. The first kappa shape index (κ1) is 35.2. The minimum Gasteiger partial charge on any atom is -0.205 e. The molecule has 0 unspecified atom stereocenters. The Morgan fingerprint density at radius 3 is 1.03 bits per heavy atom. The van der Waals surface area contributed by atoms with Crippen LogP contribution in [-0.2, 0) is 6.54 Å². The van der Waals surface area contributed by atoms with Crippen LogP contribution in [0.25, 0.3) is 0 Å². The van der Waals surface area contributed by atoms with Crippen molar-refractivity contribution < 1.29 is 4.57 Å². The Morgan fingerprint density at radius 2 is 0.684 bits per heavy atom. The second-order valence-corrected chi connectivity index (χ2v) is 12.7. The van der Waals surface area contributed by atoms with Crippen molar-refractivity contribution in [2.24, 2.45) is 5.41 Å². The van der Waals surface area contributed by atoms with Gasteiger partial charge in [-0.05, 0) is 24.7 Å². The molecule has 0 aromatic carbocycles. The molecule has 1 heterocycles. The van der Waals surface area contributed by atoms with E-state index in [2.05, 4.69) is 55.9 Å². The predicted octanol–water partition coefficient (Wildman–Crippen LogP) is 12.6. The van der Waals surface area contributed by atoms with Gasteiger partial charge in [0.1, 0.15) is 6.54 Å². The zero-order chi connectivity index (χ0) is 27.4. The van der Waals surface area contributed by atoms with Gasteiger partial charge in [-0.15, -0.1) is 0 Å². The summed E-state index contributed by atoms with van der Waals surface area (Å²) in [6, 6.07) is 6.56. The zero-order valence-corrected chi connectivity index (χ0v) is 26.6. The van der Waals surface area contributed by atoms with Crippen LogP contribution in [0.5, 0.6) is 0 Å². The molecular weight excluding hydrogens is 458 g/mol. The predicted molar refractivity (Wildman–Crippen MR) is 171 cm³/mol. The van der Waals surface area contributed by atoms with Gasteiger partial charge in [0.25, 0.3) is 0 Å². The fourth-order valence-corrected chi connectivity index (χ4v) is 6.42. The third-order valence-corrected chi connectivity index (χ3v) is 9.11. The van der Waals surface area contributed by atoms with Crippen LogP contribution in [0, 0.1) is 5.41 Å². The summed E-state index contributed by atoms with van der Waals surface area (Å²) >= 11 is 0. The molecule has 1 rings (SSSR count). The van der Waals surface area contributed by atoms with Gasteiger partial charge in [-0.3, -0.25) is 0 Å². The molecular formula is C37H70N+. The van der Waals surface area contributed by atoms with Crippen LogP contribution in [0.15, 0.2) is 30.6 Å². The fraction of sp³-hybridized carbons (Fsp3) is 0.865. The molecule has 222 valence electrons. The molecule has 0 aliphatic heterocycles. The Morgan fingerprint density at radius 1 is 0.368 bits per heavy atom. The minimum absolute atomic E-state index is 0.567. The molecule has 0 atom stereocenters. The van der Waals surface area contributed by atoms with Crippen LogP contribution in [0.2, 0.25) is 0 Å². The number of aromatic nitrogens is 1. The molecule has 0 spiro atoms. The van der Waals surface area contributed by atoms with Crippen molar-refractivity contribution in [3.8, 4) is 0 Å². The highest BCUT2D eigenvalue weighted by atomic mass is 14.9. The number of hydrogen-bond donors (Lipinski definition) is 0. The van der Waals surface area contributed by atoms with Crippen LogP contribution in [0.1, 0.15) is 194 Å². The molecule has 0 saturated heterocycles. The van der Waals surface area contributed by atoms with Crippen molar-refractivity contribution in [1.29, 1.82) is 0 Å². The molecule has 0 N–H and O–H groups in total. The summed E-state index contributed by atoms with van der Waals surface area (Å²) in [5.41, 5.74) is 0.567. The largest absolute Gasteiger partial charge is 0.205 e. The van der Waals surface area contributed by atoms with Gasteiger partial charge >= 0.3 is 0 Å². The van der Waals surface area contributed by atoms with E-state index in [1.54, 1.807) is 0 Å². The van der Waals surface area contributed by atoms with Gasteiger partial charge in [0.2, 0.25) is 0 Å². The molecule has 1 aromatic rings. The second kappa shape index (κ2) is 26.4.